The molecular weight excluding hydrogens is 418 g/mol. The van der Waals surface area contributed by atoms with Gasteiger partial charge in [-0.2, -0.15) is 0 Å². The number of carbonyl (C=O) groups is 1. The maximum atomic E-state index is 12.8. The number of rotatable bonds is 5. The van der Waals surface area contributed by atoms with Crippen molar-refractivity contribution in [3.8, 4) is 0 Å². The number of hydrogen-bond acceptors (Lipinski definition) is 6. The maximum Gasteiger partial charge on any atom is 0.229 e. The molecule has 2 aliphatic rings. The lowest BCUT2D eigenvalue weighted by atomic mass is 9.94. The lowest BCUT2D eigenvalue weighted by molar-refractivity contribution is -0.139. The monoisotopic (exact) mass is 449 g/mol. The van der Waals surface area contributed by atoms with E-state index in [4.69, 9.17) is 21.6 Å². The third-order valence-electron chi connectivity index (χ3n) is 6.08. The Bertz CT molecular complexity index is 933. The van der Waals surface area contributed by atoms with Crippen LogP contribution in [0.15, 0.2) is 0 Å². The lowest BCUT2D eigenvalue weighted by Gasteiger charge is -2.39. The molecule has 0 radical (unpaired) electrons. The highest BCUT2D eigenvalue weighted by atomic mass is 35.5. The van der Waals surface area contributed by atoms with Crippen LogP contribution in [0.2, 0.25) is 0 Å². The predicted molar refractivity (Wildman–Crippen MR) is 125 cm³/mol. The van der Waals surface area contributed by atoms with Gasteiger partial charge in [0.1, 0.15) is 16.5 Å². The average molecular weight is 450 g/mol. The minimum Gasteiger partial charge on any atom is -0.352 e. The zero-order valence-electron chi connectivity index (χ0n) is 18.5. The quantitative estimate of drug-likeness (QED) is 0.653. The smallest absolute Gasteiger partial charge is 0.229 e. The van der Waals surface area contributed by atoms with Gasteiger partial charge in [0.05, 0.1) is 17.3 Å². The molecule has 0 atom stereocenters. The molecule has 6 nitrogen and oxygen atoms in total. The van der Waals surface area contributed by atoms with Crippen molar-refractivity contribution in [2.75, 3.05) is 51.1 Å². The molecule has 0 bridgehead atoms. The molecule has 30 heavy (non-hydrogen) atoms. The molecule has 1 saturated heterocycles. The van der Waals surface area contributed by atoms with Gasteiger partial charge in [0, 0.05) is 36.9 Å². The van der Waals surface area contributed by atoms with Crippen LogP contribution < -0.4 is 4.90 Å². The summed E-state index contributed by atoms with van der Waals surface area (Å²) in [6, 6.07) is 0. The van der Waals surface area contributed by atoms with Gasteiger partial charge in [-0.1, -0.05) is 0 Å². The van der Waals surface area contributed by atoms with Crippen molar-refractivity contribution in [3.63, 3.8) is 0 Å². The summed E-state index contributed by atoms with van der Waals surface area (Å²) in [5.41, 5.74) is 0.950. The van der Waals surface area contributed by atoms with Crippen molar-refractivity contribution in [2.24, 2.45) is 5.41 Å². The van der Waals surface area contributed by atoms with Crippen LogP contribution in [0.3, 0.4) is 0 Å². The summed E-state index contributed by atoms with van der Waals surface area (Å²) in [5, 5.41) is 1.26. The number of fused-ring (bicyclic) bond motifs is 3. The molecule has 0 saturated carbocycles. The zero-order chi connectivity index (χ0) is 21.5. The molecular formula is C22H32ClN5OS. The number of piperazine rings is 1. The van der Waals surface area contributed by atoms with Crippen molar-refractivity contribution >= 4 is 44.9 Å². The normalized spacial score (nSPS) is 17.7. The molecule has 0 unspecified atom stereocenters. The highest BCUT2D eigenvalue weighted by molar-refractivity contribution is 7.19. The van der Waals surface area contributed by atoms with Crippen LogP contribution in [0.5, 0.6) is 0 Å². The van der Waals surface area contributed by atoms with E-state index in [0.29, 0.717) is 19.0 Å². The van der Waals surface area contributed by atoms with E-state index in [9.17, 15) is 4.79 Å². The summed E-state index contributed by atoms with van der Waals surface area (Å²) in [7, 11) is 4.10. The Balaban J connectivity index is 1.65. The molecule has 1 fully saturated rings. The molecule has 164 valence electrons. The second-order valence-corrected chi connectivity index (χ2v) is 10.7. The first kappa shape index (κ1) is 21.8. The van der Waals surface area contributed by atoms with Gasteiger partial charge in [-0.05, 0) is 59.2 Å². The van der Waals surface area contributed by atoms with E-state index < -0.39 is 5.41 Å². The minimum absolute atomic E-state index is 0.145. The lowest BCUT2D eigenvalue weighted by Crippen LogP contribution is -2.52. The summed E-state index contributed by atoms with van der Waals surface area (Å²) >= 11 is 7.89. The SMILES string of the molecule is CN(C)Cc1nc(N2CCN(C(=O)C(C)(C)CCl)CC2)c2c3c(sc2n1)CCCC3. The summed E-state index contributed by atoms with van der Waals surface area (Å²) in [6.07, 6.45) is 4.80. The number of amides is 1. The van der Waals surface area contributed by atoms with Crippen LogP contribution in [-0.2, 0) is 24.2 Å². The second-order valence-electron chi connectivity index (χ2n) is 9.39. The number of anilines is 1. The number of carbonyl (C=O) groups excluding carboxylic acids is 1. The van der Waals surface area contributed by atoms with Crippen molar-refractivity contribution in [3.05, 3.63) is 16.3 Å². The first-order valence-corrected chi connectivity index (χ1v) is 12.2. The second kappa shape index (κ2) is 8.60. The van der Waals surface area contributed by atoms with Gasteiger partial charge in [-0.3, -0.25) is 4.79 Å². The van der Waals surface area contributed by atoms with E-state index >= 15 is 0 Å². The summed E-state index contributed by atoms with van der Waals surface area (Å²) in [5.74, 6) is 2.43. The van der Waals surface area contributed by atoms with Gasteiger partial charge in [0.2, 0.25) is 5.91 Å². The van der Waals surface area contributed by atoms with E-state index in [1.54, 1.807) is 0 Å². The number of alkyl halides is 1. The first-order chi connectivity index (χ1) is 14.3. The van der Waals surface area contributed by atoms with Crippen LogP contribution in [0.1, 0.15) is 43.0 Å². The van der Waals surface area contributed by atoms with Crippen molar-refractivity contribution in [1.29, 1.82) is 0 Å². The third-order valence-corrected chi connectivity index (χ3v) is 7.93. The van der Waals surface area contributed by atoms with Crippen molar-refractivity contribution in [1.82, 2.24) is 19.8 Å². The van der Waals surface area contributed by atoms with Gasteiger partial charge in [-0.15, -0.1) is 22.9 Å². The van der Waals surface area contributed by atoms with Gasteiger partial charge in [0.15, 0.2) is 0 Å². The molecule has 0 aromatic carbocycles. The number of aryl methyl sites for hydroxylation is 2. The van der Waals surface area contributed by atoms with Gasteiger partial charge < -0.3 is 14.7 Å². The van der Waals surface area contributed by atoms with Gasteiger partial charge in [-0.25, -0.2) is 9.97 Å². The van der Waals surface area contributed by atoms with Crippen LogP contribution in [0.4, 0.5) is 5.82 Å². The Morgan fingerprint density at radius 2 is 1.83 bits per heavy atom. The Kier molecular flexibility index (Phi) is 6.24. The minimum atomic E-state index is -0.517. The zero-order valence-corrected chi connectivity index (χ0v) is 20.1. The Morgan fingerprint density at radius 1 is 1.13 bits per heavy atom. The van der Waals surface area contributed by atoms with Crippen LogP contribution >= 0.6 is 22.9 Å². The molecule has 1 aliphatic heterocycles. The fourth-order valence-corrected chi connectivity index (χ4v) is 5.76. The van der Waals surface area contributed by atoms with Crippen molar-refractivity contribution < 1.29 is 4.79 Å². The number of halogens is 1. The van der Waals surface area contributed by atoms with Crippen LogP contribution in [0.25, 0.3) is 10.2 Å². The van der Waals surface area contributed by atoms with Gasteiger partial charge >= 0.3 is 0 Å². The van der Waals surface area contributed by atoms with Crippen LogP contribution in [-0.4, -0.2) is 71.8 Å². The number of aromatic nitrogens is 2. The highest BCUT2D eigenvalue weighted by Crippen LogP contribution is 2.40. The van der Waals surface area contributed by atoms with E-state index in [2.05, 4.69) is 23.9 Å². The number of thiophene rings is 1. The Morgan fingerprint density at radius 3 is 2.50 bits per heavy atom. The highest BCUT2D eigenvalue weighted by Gasteiger charge is 2.34. The van der Waals surface area contributed by atoms with E-state index in [-0.39, 0.29) is 5.91 Å². The molecule has 2 aromatic heterocycles. The Hall–Kier alpha value is -1.44. The standard InChI is InChI=1S/C22H32ClN5OS/c1-22(2,14-23)21(29)28-11-9-27(10-12-28)19-18-15-7-5-6-8-16(15)30-20(18)25-17(24-19)13-26(3)4/h5-14H2,1-4H3. The van der Waals surface area contributed by atoms with Crippen molar-refractivity contribution in [2.45, 2.75) is 46.1 Å². The topological polar surface area (TPSA) is 52.6 Å². The summed E-state index contributed by atoms with van der Waals surface area (Å²) < 4.78 is 0. The molecule has 1 aliphatic carbocycles. The molecule has 2 aromatic rings. The largest absolute Gasteiger partial charge is 0.352 e. The Labute approximate surface area is 188 Å². The molecule has 0 N–H and O–H groups in total. The summed E-state index contributed by atoms with van der Waals surface area (Å²) in [4.78, 5) is 31.8. The molecule has 3 heterocycles. The van der Waals surface area contributed by atoms with Crippen LogP contribution in [0, 0.1) is 5.41 Å². The maximum absolute atomic E-state index is 12.8. The predicted octanol–water partition coefficient (Wildman–Crippen LogP) is 3.55. The summed E-state index contributed by atoms with van der Waals surface area (Å²) in [6.45, 7) is 7.58. The van der Waals surface area contributed by atoms with E-state index in [0.717, 1.165) is 48.9 Å². The molecule has 1 amide bonds. The third kappa shape index (κ3) is 4.16. The number of hydrogen-bond donors (Lipinski definition) is 0. The number of nitrogens with zero attached hydrogens (tertiary/aromatic N) is 5. The van der Waals surface area contributed by atoms with E-state index in [1.165, 1.54) is 28.7 Å². The molecule has 0 spiro atoms. The van der Waals surface area contributed by atoms with Gasteiger partial charge in [0.25, 0.3) is 0 Å². The fourth-order valence-electron chi connectivity index (χ4n) is 4.37. The average Bonchev–Trinajstić information content (AvgIpc) is 3.10. The molecule has 4 rings (SSSR count). The molecule has 8 heteroatoms. The fraction of sp³-hybridized carbons (Fsp3) is 0.682. The van der Waals surface area contributed by atoms with E-state index in [1.807, 2.05) is 30.1 Å². The first-order valence-electron chi connectivity index (χ1n) is 10.9.